The molecule has 2 aliphatic rings. The van der Waals surface area contributed by atoms with Crippen molar-refractivity contribution in [3.63, 3.8) is 0 Å². The molecule has 2 fully saturated rings. The van der Waals surface area contributed by atoms with Crippen LogP contribution in [0.3, 0.4) is 0 Å². The van der Waals surface area contributed by atoms with E-state index in [1.54, 1.807) is 0 Å². The van der Waals surface area contributed by atoms with E-state index in [-0.39, 0.29) is 17.6 Å². The van der Waals surface area contributed by atoms with Gasteiger partial charge in [0.25, 0.3) is 5.91 Å². The molecule has 0 aromatic rings. The van der Waals surface area contributed by atoms with Crippen molar-refractivity contribution in [2.24, 2.45) is 11.8 Å². The molecule has 18 heavy (non-hydrogen) atoms. The summed E-state index contributed by atoms with van der Waals surface area (Å²) >= 11 is 0. The Balaban J connectivity index is 1.92. The van der Waals surface area contributed by atoms with E-state index in [2.05, 4.69) is 0 Å². The molecule has 1 saturated heterocycles. The topological polar surface area (TPSA) is 37.4 Å². The van der Waals surface area contributed by atoms with Gasteiger partial charge in [0.05, 0.1) is 0 Å². The van der Waals surface area contributed by atoms with Gasteiger partial charge < -0.3 is 4.90 Å². The molecule has 0 spiro atoms. The van der Waals surface area contributed by atoms with E-state index in [1.807, 2.05) is 18.7 Å². The third-order valence-corrected chi connectivity index (χ3v) is 4.23. The van der Waals surface area contributed by atoms with Gasteiger partial charge in [-0.1, -0.05) is 26.7 Å². The fourth-order valence-electron chi connectivity index (χ4n) is 2.79. The van der Waals surface area contributed by atoms with Crippen LogP contribution >= 0.6 is 0 Å². The molecule has 102 valence electrons. The lowest BCUT2D eigenvalue weighted by Crippen LogP contribution is -2.47. The first-order valence-electron chi connectivity index (χ1n) is 7.44. The molecule has 0 aromatic heterocycles. The minimum atomic E-state index is -0.231. The zero-order valence-corrected chi connectivity index (χ0v) is 11.7. The average Bonchev–Trinajstić information content (AvgIpc) is 3.19. The molecule has 0 aromatic carbocycles. The van der Waals surface area contributed by atoms with E-state index in [9.17, 15) is 9.59 Å². The number of ketones is 1. The number of carbonyl (C=O) groups is 2. The van der Waals surface area contributed by atoms with Crippen molar-refractivity contribution in [3.8, 4) is 0 Å². The minimum Gasteiger partial charge on any atom is -0.333 e. The Morgan fingerprint density at radius 3 is 2.44 bits per heavy atom. The summed E-state index contributed by atoms with van der Waals surface area (Å²) in [5.74, 6) is 0.284. The SMILES string of the molecule is CC(C)C(=O)C(=O)N1CCCCC1CCC1CC1. The van der Waals surface area contributed by atoms with Crippen molar-refractivity contribution in [3.05, 3.63) is 0 Å². The third-order valence-electron chi connectivity index (χ3n) is 4.23. The average molecular weight is 251 g/mol. The Bertz CT molecular complexity index is 320. The summed E-state index contributed by atoms with van der Waals surface area (Å²) in [6.45, 7) is 4.40. The lowest BCUT2D eigenvalue weighted by Gasteiger charge is -2.35. The second-order valence-electron chi connectivity index (χ2n) is 6.19. The van der Waals surface area contributed by atoms with E-state index in [4.69, 9.17) is 0 Å². The summed E-state index contributed by atoms with van der Waals surface area (Å²) in [5, 5.41) is 0. The standard InChI is InChI=1S/C15H25NO2/c1-11(2)14(17)15(18)16-10-4-3-5-13(16)9-8-12-6-7-12/h11-13H,3-10H2,1-2H3. The summed E-state index contributed by atoms with van der Waals surface area (Å²) < 4.78 is 0. The van der Waals surface area contributed by atoms with Crippen LogP contribution in [-0.4, -0.2) is 29.2 Å². The van der Waals surface area contributed by atoms with E-state index in [0.717, 1.165) is 31.7 Å². The number of piperidine rings is 1. The lowest BCUT2D eigenvalue weighted by atomic mass is 9.95. The molecule has 1 heterocycles. The Hall–Kier alpha value is -0.860. The fraction of sp³-hybridized carbons (Fsp3) is 0.867. The van der Waals surface area contributed by atoms with Gasteiger partial charge in [0.15, 0.2) is 0 Å². The molecular formula is C15H25NO2. The molecule has 1 aliphatic carbocycles. The molecule has 1 saturated carbocycles. The van der Waals surface area contributed by atoms with E-state index < -0.39 is 0 Å². The van der Waals surface area contributed by atoms with Crippen molar-refractivity contribution < 1.29 is 9.59 Å². The molecule has 0 N–H and O–H groups in total. The number of rotatable bonds is 5. The van der Waals surface area contributed by atoms with Gasteiger partial charge in [0.1, 0.15) is 0 Å². The van der Waals surface area contributed by atoms with Gasteiger partial charge >= 0.3 is 0 Å². The first kappa shape index (κ1) is 13.6. The molecule has 1 amide bonds. The normalized spacial score (nSPS) is 24.4. The van der Waals surface area contributed by atoms with Gasteiger partial charge in [-0.25, -0.2) is 0 Å². The summed E-state index contributed by atoms with van der Waals surface area (Å²) in [7, 11) is 0. The van der Waals surface area contributed by atoms with Crippen LogP contribution in [0.2, 0.25) is 0 Å². The highest BCUT2D eigenvalue weighted by molar-refractivity contribution is 6.36. The number of nitrogens with zero attached hydrogens (tertiary/aromatic N) is 1. The van der Waals surface area contributed by atoms with Crippen LogP contribution < -0.4 is 0 Å². The van der Waals surface area contributed by atoms with E-state index >= 15 is 0 Å². The lowest BCUT2D eigenvalue weighted by molar-refractivity contribution is -0.148. The predicted molar refractivity (Wildman–Crippen MR) is 71.2 cm³/mol. The third kappa shape index (κ3) is 3.33. The molecule has 2 rings (SSSR count). The number of hydrogen-bond donors (Lipinski definition) is 0. The fourth-order valence-corrected chi connectivity index (χ4v) is 2.79. The summed E-state index contributed by atoms with van der Waals surface area (Å²) in [6.07, 6.45) is 8.42. The van der Waals surface area contributed by atoms with Gasteiger partial charge in [-0.05, 0) is 38.0 Å². The summed E-state index contributed by atoms with van der Waals surface area (Å²) in [4.78, 5) is 25.9. The van der Waals surface area contributed by atoms with Crippen LogP contribution in [-0.2, 0) is 9.59 Å². The highest BCUT2D eigenvalue weighted by Gasteiger charge is 2.32. The van der Waals surface area contributed by atoms with E-state index in [0.29, 0.717) is 6.04 Å². The molecule has 1 unspecified atom stereocenters. The Kier molecular flexibility index (Phi) is 4.41. The first-order chi connectivity index (χ1) is 8.59. The second kappa shape index (κ2) is 5.85. The van der Waals surface area contributed by atoms with Gasteiger partial charge in [-0.3, -0.25) is 9.59 Å². The highest BCUT2D eigenvalue weighted by Crippen LogP contribution is 2.35. The van der Waals surface area contributed by atoms with Gasteiger partial charge in [0.2, 0.25) is 5.78 Å². The highest BCUT2D eigenvalue weighted by atomic mass is 16.2. The van der Waals surface area contributed by atoms with Crippen molar-refractivity contribution in [2.75, 3.05) is 6.54 Å². The van der Waals surface area contributed by atoms with Gasteiger partial charge in [-0.15, -0.1) is 0 Å². The van der Waals surface area contributed by atoms with Crippen LogP contribution in [0.5, 0.6) is 0 Å². The first-order valence-corrected chi connectivity index (χ1v) is 7.44. The maximum Gasteiger partial charge on any atom is 0.290 e. The van der Waals surface area contributed by atoms with Crippen LogP contribution in [0.15, 0.2) is 0 Å². The minimum absolute atomic E-state index is 0.177. The van der Waals surface area contributed by atoms with Crippen molar-refractivity contribution in [2.45, 2.75) is 64.8 Å². The summed E-state index contributed by atoms with van der Waals surface area (Å²) in [5.41, 5.74) is 0. The monoisotopic (exact) mass is 251 g/mol. The zero-order chi connectivity index (χ0) is 13.1. The van der Waals surface area contributed by atoms with E-state index in [1.165, 1.54) is 25.7 Å². The predicted octanol–water partition coefficient (Wildman–Crippen LogP) is 2.78. The number of amides is 1. The molecule has 3 heteroatoms. The van der Waals surface area contributed by atoms with Crippen LogP contribution in [0.4, 0.5) is 0 Å². The number of carbonyl (C=O) groups excluding carboxylic acids is 2. The second-order valence-corrected chi connectivity index (χ2v) is 6.19. The zero-order valence-electron chi connectivity index (χ0n) is 11.7. The van der Waals surface area contributed by atoms with Crippen molar-refractivity contribution in [1.29, 1.82) is 0 Å². The molecule has 1 aliphatic heterocycles. The van der Waals surface area contributed by atoms with Crippen LogP contribution in [0, 0.1) is 11.8 Å². The number of hydrogen-bond acceptors (Lipinski definition) is 2. The Morgan fingerprint density at radius 1 is 1.11 bits per heavy atom. The van der Waals surface area contributed by atoms with Crippen molar-refractivity contribution >= 4 is 11.7 Å². The number of likely N-dealkylation sites (tertiary alicyclic amines) is 1. The maximum atomic E-state index is 12.2. The Labute approximate surface area is 110 Å². The Morgan fingerprint density at radius 2 is 1.83 bits per heavy atom. The smallest absolute Gasteiger partial charge is 0.290 e. The largest absolute Gasteiger partial charge is 0.333 e. The maximum absolute atomic E-state index is 12.2. The number of Topliss-reactive ketones (excluding diaryl/α,β-unsaturated/α-hetero) is 1. The quantitative estimate of drug-likeness (QED) is 0.705. The molecule has 3 nitrogen and oxygen atoms in total. The van der Waals surface area contributed by atoms with Gasteiger partial charge in [-0.2, -0.15) is 0 Å². The van der Waals surface area contributed by atoms with Crippen LogP contribution in [0.1, 0.15) is 58.8 Å². The van der Waals surface area contributed by atoms with Crippen molar-refractivity contribution in [1.82, 2.24) is 4.90 Å². The van der Waals surface area contributed by atoms with Gasteiger partial charge in [0, 0.05) is 18.5 Å². The summed E-state index contributed by atoms with van der Waals surface area (Å²) in [6, 6.07) is 0.328. The molecule has 0 radical (unpaired) electrons. The molecular weight excluding hydrogens is 226 g/mol. The van der Waals surface area contributed by atoms with Crippen LogP contribution in [0.25, 0.3) is 0 Å². The molecule has 1 atom stereocenters. The molecule has 0 bridgehead atoms.